The van der Waals surface area contributed by atoms with Gasteiger partial charge in [-0.25, -0.2) is 4.79 Å². The van der Waals surface area contributed by atoms with Crippen molar-refractivity contribution in [2.45, 2.75) is 25.6 Å². The maximum absolute atomic E-state index is 12.0. The molecule has 1 fully saturated rings. The predicted octanol–water partition coefficient (Wildman–Crippen LogP) is 0.927. The van der Waals surface area contributed by atoms with E-state index in [1.54, 1.807) is 0 Å². The lowest BCUT2D eigenvalue weighted by atomic mass is 9.96. The van der Waals surface area contributed by atoms with Gasteiger partial charge in [0.15, 0.2) is 0 Å². The number of primary amides is 1. The Labute approximate surface area is 92.0 Å². The van der Waals surface area contributed by atoms with Crippen LogP contribution in [0.3, 0.4) is 0 Å². The Morgan fingerprint density at radius 2 is 2.12 bits per heavy atom. The molecule has 7 heteroatoms. The largest absolute Gasteiger partial charge is 0.401 e. The zero-order valence-corrected chi connectivity index (χ0v) is 9.05. The van der Waals surface area contributed by atoms with Crippen molar-refractivity contribution in [2.75, 3.05) is 19.6 Å². The van der Waals surface area contributed by atoms with Crippen LogP contribution in [-0.4, -0.2) is 42.8 Å². The molecule has 1 aliphatic rings. The van der Waals surface area contributed by atoms with Crippen molar-refractivity contribution in [3.63, 3.8) is 0 Å². The number of nitrogens with zero attached hydrogens (tertiary/aromatic N) is 1. The van der Waals surface area contributed by atoms with Gasteiger partial charge in [-0.05, 0) is 12.3 Å². The zero-order valence-electron chi connectivity index (χ0n) is 9.05. The second-order valence-electron chi connectivity index (χ2n) is 4.28. The van der Waals surface area contributed by atoms with Gasteiger partial charge in [0.05, 0.1) is 6.54 Å². The highest BCUT2D eigenvalue weighted by molar-refractivity contribution is 5.72. The summed E-state index contributed by atoms with van der Waals surface area (Å²) in [5, 5.41) is 2.40. The molecule has 0 aromatic carbocycles. The second-order valence-corrected chi connectivity index (χ2v) is 4.28. The summed E-state index contributed by atoms with van der Waals surface area (Å²) in [5.41, 5.74) is 5.11. The average molecular weight is 239 g/mol. The van der Waals surface area contributed by atoms with Crippen molar-refractivity contribution in [3.05, 3.63) is 0 Å². The molecule has 1 aliphatic heterocycles. The van der Waals surface area contributed by atoms with Gasteiger partial charge in [0.25, 0.3) is 0 Å². The number of urea groups is 1. The number of carbonyl (C=O) groups excluding carboxylic acids is 1. The first kappa shape index (κ1) is 13.1. The van der Waals surface area contributed by atoms with Gasteiger partial charge in [-0.1, -0.05) is 6.92 Å². The van der Waals surface area contributed by atoms with E-state index in [1.165, 1.54) is 4.90 Å². The van der Waals surface area contributed by atoms with E-state index in [9.17, 15) is 18.0 Å². The summed E-state index contributed by atoms with van der Waals surface area (Å²) in [4.78, 5) is 12.3. The smallest absolute Gasteiger partial charge is 0.351 e. The summed E-state index contributed by atoms with van der Waals surface area (Å²) in [7, 11) is 0. The maximum atomic E-state index is 12.0. The SMILES string of the molecule is CC1CC(NCC(F)(F)F)CN(C(N)=O)C1. The second kappa shape index (κ2) is 4.90. The number of halogens is 3. The van der Waals surface area contributed by atoms with Crippen LogP contribution >= 0.6 is 0 Å². The number of piperidine rings is 1. The van der Waals surface area contributed by atoms with E-state index in [0.29, 0.717) is 13.0 Å². The highest BCUT2D eigenvalue weighted by Crippen LogP contribution is 2.18. The molecule has 0 bridgehead atoms. The normalized spacial score (nSPS) is 26.9. The monoisotopic (exact) mass is 239 g/mol. The first-order chi connectivity index (χ1) is 7.28. The molecule has 0 aromatic rings. The number of amides is 2. The molecule has 4 nitrogen and oxygen atoms in total. The number of hydrogen-bond donors (Lipinski definition) is 2. The third kappa shape index (κ3) is 4.26. The fourth-order valence-corrected chi connectivity index (χ4v) is 1.94. The summed E-state index contributed by atoms with van der Waals surface area (Å²) in [5.74, 6) is 0.159. The van der Waals surface area contributed by atoms with E-state index in [2.05, 4.69) is 5.32 Å². The van der Waals surface area contributed by atoms with Crippen LogP contribution in [0, 0.1) is 5.92 Å². The first-order valence-electron chi connectivity index (χ1n) is 5.12. The molecular formula is C9H16F3N3O. The lowest BCUT2D eigenvalue weighted by molar-refractivity contribution is -0.127. The molecule has 0 aromatic heterocycles. The van der Waals surface area contributed by atoms with Crippen LogP contribution in [0.5, 0.6) is 0 Å². The number of carbonyl (C=O) groups is 1. The maximum Gasteiger partial charge on any atom is 0.401 e. The number of nitrogens with two attached hydrogens (primary N) is 1. The standard InChI is InChI=1S/C9H16F3N3O/c1-6-2-7(14-5-9(10,11)12)4-15(3-6)8(13)16/h6-7,14H,2-5H2,1H3,(H2,13,16). The Balaban J connectivity index is 2.45. The summed E-state index contributed by atoms with van der Waals surface area (Å²) in [6.45, 7) is 1.61. The van der Waals surface area contributed by atoms with Crippen molar-refractivity contribution in [1.82, 2.24) is 10.2 Å². The lowest BCUT2D eigenvalue weighted by Gasteiger charge is -2.36. The van der Waals surface area contributed by atoms with Gasteiger partial charge < -0.3 is 16.0 Å². The molecule has 0 aliphatic carbocycles. The van der Waals surface area contributed by atoms with Gasteiger partial charge in [-0.2, -0.15) is 13.2 Å². The molecule has 0 radical (unpaired) electrons. The minimum absolute atomic E-state index is 0.159. The molecule has 16 heavy (non-hydrogen) atoms. The van der Waals surface area contributed by atoms with E-state index in [0.717, 1.165) is 0 Å². The highest BCUT2D eigenvalue weighted by atomic mass is 19.4. The van der Waals surface area contributed by atoms with Crippen LogP contribution in [-0.2, 0) is 0 Å². The Bertz CT molecular complexity index is 257. The number of alkyl halides is 3. The molecule has 94 valence electrons. The summed E-state index contributed by atoms with van der Waals surface area (Å²) in [6, 6.07) is -0.914. The van der Waals surface area contributed by atoms with Crippen LogP contribution in [0.2, 0.25) is 0 Å². The van der Waals surface area contributed by atoms with Crippen LogP contribution < -0.4 is 11.1 Å². The Morgan fingerprint density at radius 3 is 2.62 bits per heavy atom. The molecular weight excluding hydrogens is 223 g/mol. The minimum Gasteiger partial charge on any atom is -0.351 e. The van der Waals surface area contributed by atoms with Crippen LogP contribution in [0.15, 0.2) is 0 Å². The van der Waals surface area contributed by atoms with Gasteiger partial charge >= 0.3 is 12.2 Å². The van der Waals surface area contributed by atoms with Crippen molar-refractivity contribution >= 4 is 6.03 Å². The number of likely N-dealkylation sites (tertiary alicyclic amines) is 1. The number of rotatable bonds is 2. The third-order valence-electron chi connectivity index (χ3n) is 2.56. The molecule has 2 amide bonds. The Morgan fingerprint density at radius 1 is 1.50 bits per heavy atom. The molecule has 3 N–H and O–H groups in total. The Hall–Kier alpha value is -0.980. The summed E-state index contributed by atoms with van der Waals surface area (Å²) >= 11 is 0. The van der Waals surface area contributed by atoms with Crippen LogP contribution in [0.1, 0.15) is 13.3 Å². The Kier molecular flexibility index (Phi) is 4.01. The van der Waals surface area contributed by atoms with Crippen molar-refractivity contribution in [3.8, 4) is 0 Å². The highest BCUT2D eigenvalue weighted by Gasteiger charge is 2.31. The van der Waals surface area contributed by atoms with Gasteiger partial charge in [-0.3, -0.25) is 0 Å². The van der Waals surface area contributed by atoms with Crippen LogP contribution in [0.4, 0.5) is 18.0 Å². The van der Waals surface area contributed by atoms with E-state index >= 15 is 0 Å². The van der Waals surface area contributed by atoms with E-state index in [1.807, 2.05) is 6.92 Å². The van der Waals surface area contributed by atoms with E-state index in [-0.39, 0.29) is 18.5 Å². The fourth-order valence-electron chi connectivity index (χ4n) is 1.94. The topological polar surface area (TPSA) is 58.4 Å². The van der Waals surface area contributed by atoms with Crippen LogP contribution in [0.25, 0.3) is 0 Å². The van der Waals surface area contributed by atoms with E-state index < -0.39 is 18.8 Å². The van der Waals surface area contributed by atoms with Crippen molar-refractivity contribution in [1.29, 1.82) is 0 Å². The quantitative estimate of drug-likeness (QED) is 0.753. The number of hydrogen-bond acceptors (Lipinski definition) is 2. The third-order valence-corrected chi connectivity index (χ3v) is 2.56. The average Bonchev–Trinajstić information content (AvgIpc) is 2.13. The fraction of sp³-hybridized carbons (Fsp3) is 0.889. The summed E-state index contributed by atoms with van der Waals surface area (Å²) in [6.07, 6.45) is -3.60. The first-order valence-corrected chi connectivity index (χ1v) is 5.12. The molecule has 2 atom stereocenters. The van der Waals surface area contributed by atoms with Crippen molar-refractivity contribution in [2.24, 2.45) is 11.7 Å². The predicted molar refractivity (Wildman–Crippen MR) is 52.8 cm³/mol. The van der Waals surface area contributed by atoms with Gasteiger partial charge in [-0.15, -0.1) is 0 Å². The van der Waals surface area contributed by atoms with Gasteiger partial charge in [0.2, 0.25) is 0 Å². The zero-order chi connectivity index (χ0) is 12.3. The molecule has 1 rings (SSSR count). The molecule has 1 saturated heterocycles. The molecule has 2 unspecified atom stereocenters. The van der Waals surface area contributed by atoms with Gasteiger partial charge in [0.1, 0.15) is 0 Å². The molecule has 0 saturated carbocycles. The van der Waals surface area contributed by atoms with E-state index in [4.69, 9.17) is 5.73 Å². The minimum atomic E-state index is -4.22. The molecule has 0 spiro atoms. The number of nitrogens with one attached hydrogen (secondary N) is 1. The summed E-state index contributed by atoms with van der Waals surface area (Å²) < 4.78 is 36.0. The molecule has 1 heterocycles. The van der Waals surface area contributed by atoms with Gasteiger partial charge in [0, 0.05) is 19.1 Å². The van der Waals surface area contributed by atoms with Crippen molar-refractivity contribution < 1.29 is 18.0 Å². The lowest BCUT2D eigenvalue weighted by Crippen LogP contribution is -2.53.